The van der Waals surface area contributed by atoms with Gasteiger partial charge in [0.25, 0.3) is 0 Å². The first-order valence-electron chi connectivity index (χ1n) is 6.78. The zero-order valence-electron chi connectivity index (χ0n) is 11.2. The standard InChI is InChI=1S/C15H26O/c1-10-5-7-12(15(3,4)16)9-14-11(2)6-8-13(10)14/h5,11-14,16H,6-9H2,1-4H3/t11-,12+,13-,14-/m1/s1. The van der Waals surface area contributed by atoms with E-state index in [1.807, 2.05) is 13.8 Å². The van der Waals surface area contributed by atoms with Crippen molar-refractivity contribution in [3.05, 3.63) is 11.6 Å². The van der Waals surface area contributed by atoms with Crippen LogP contribution < -0.4 is 0 Å². The number of allylic oxidation sites excluding steroid dienone is 2. The van der Waals surface area contributed by atoms with Crippen molar-refractivity contribution in [2.24, 2.45) is 23.7 Å². The lowest BCUT2D eigenvalue weighted by Gasteiger charge is -2.32. The van der Waals surface area contributed by atoms with Crippen LogP contribution in [0.3, 0.4) is 0 Å². The lowest BCUT2D eigenvalue weighted by atomic mass is 9.77. The van der Waals surface area contributed by atoms with Gasteiger partial charge in [0.2, 0.25) is 0 Å². The van der Waals surface area contributed by atoms with Gasteiger partial charge in [-0.3, -0.25) is 0 Å². The minimum atomic E-state index is -0.520. The minimum Gasteiger partial charge on any atom is -0.390 e. The SMILES string of the molecule is CC1=CC[C@H](C(C)(C)O)C[C@@H]2[C@H](C)CC[C@H]12. The van der Waals surface area contributed by atoms with Gasteiger partial charge < -0.3 is 5.11 Å². The predicted octanol–water partition coefficient (Wildman–Crippen LogP) is 3.78. The van der Waals surface area contributed by atoms with Crippen LogP contribution >= 0.6 is 0 Å². The maximum absolute atomic E-state index is 10.2. The summed E-state index contributed by atoms with van der Waals surface area (Å²) < 4.78 is 0. The summed E-state index contributed by atoms with van der Waals surface area (Å²) in [4.78, 5) is 0. The summed E-state index contributed by atoms with van der Waals surface area (Å²) in [5, 5.41) is 10.2. The number of fused-ring (bicyclic) bond motifs is 1. The number of hydrogen-bond donors (Lipinski definition) is 1. The maximum atomic E-state index is 10.2. The maximum Gasteiger partial charge on any atom is 0.0622 e. The van der Waals surface area contributed by atoms with Gasteiger partial charge in [0.15, 0.2) is 0 Å². The quantitative estimate of drug-likeness (QED) is 0.669. The molecule has 1 fully saturated rings. The van der Waals surface area contributed by atoms with Gasteiger partial charge in [-0.15, -0.1) is 0 Å². The molecule has 0 unspecified atom stereocenters. The normalized spacial score (nSPS) is 40.2. The summed E-state index contributed by atoms with van der Waals surface area (Å²) in [7, 11) is 0. The molecular weight excluding hydrogens is 196 g/mol. The highest BCUT2D eigenvalue weighted by Crippen LogP contribution is 2.48. The van der Waals surface area contributed by atoms with Crippen LogP contribution in [0.1, 0.15) is 53.4 Å². The van der Waals surface area contributed by atoms with Crippen LogP contribution in [-0.4, -0.2) is 10.7 Å². The summed E-state index contributed by atoms with van der Waals surface area (Å²) in [6.45, 7) is 8.63. The molecule has 0 aromatic heterocycles. The van der Waals surface area contributed by atoms with Crippen molar-refractivity contribution in [1.29, 1.82) is 0 Å². The summed E-state index contributed by atoms with van der Waals surface area (Å²) in [5.74, 6) is 2.91. The Kier molecular flexibility index (Phi) is 3.18. The minimum absolute atomic E-state index is 0.443. The predicted molar refractivity (Wildman–Crippen MR) is 68.2 cm³/mol. The fraction of sp³-hybridized carbons (Fsp3) is 0.867. The Balaban J connectivity index is 2.20. The molecule has 0 aromatic rings. The Morgan fingerprint density at radius 1 is 1.31 bits per heavy atom. The first-order valence-corrected chi connectivity index (χ1v) is 6.78. The average Bonchev–Trinajstić information content (AvgIpc) is 2.42. The van der Waals surface area contributed by atoms with Gasteiger partial charge in [0.05, 0.1) is 5.60 Å². The van der Waals surface area contributed by atoms with Crippen molar-refractivity contribution in [1.82, 2.24) is 0 Å². The highest BCUT2D eigenvalue weighted by atomic mass is 16.3. The molecule has 4 atom stereocenters. The second kappa shape index (κ2) is 4.18. The fourth-order valence-electron chi connectivity index (χ4n) is 3.71. The molecule has 0 heterocycles. The van der Waals surface area contributed by atoms with Gasteiger partial charge in [-0.1, -0.05) is 18.6 Å². The van der Waals surface area contributed by atoms with Crippen molar-refractivity contribution < 1.29 is 5.11 Å². The lowest BCUT2D eigenvalue weighted by molar-refractivity contribution is 0.00477. The Morgan fingerprint density at radius 2 is 2.00 bits per heavy atom. The highest BCUT2D eigenvalue weighted by Gasteiger charge is 2.40. The van der Waals surface area contributed by atoms with Gasteiger partial charge in [0.1, 0.15) is 0 Å². The molecule has 0 amide bonds. The van der Waals surface area contributed by atoms with E-state index in [1.54, 1.807) is 5.57 Å². The monoisotopic (exact) mass is 222 g/mol. The van der Waals surface area contributed by atoms with Gasteiger partial charge in [-0.2, -0.15) is 0 Å². The van der Waals surface area contributed by atoms with E-state index in [9.17, 15) is 5.11 Å². The van der Waals surface area contributed by atoms with Crippen LogP contribution in [0.15, 0.2) is 11.6 Å². The van der Waals surface area contributed by atoms with E-state index < -0.39 is 5.60 Å². The first-order chi connectivity index (χ1) is 7.39. The topological polar surface area (TPSA) is 20.2 Å². The van der Waals surface area contributed by atoms with E-state index in [0.717, 1.165) is 24.2 Å². The molecular formula is C15H26O. The molecule has 1 saturated carbocycles. The molecule has 1 nitrogen and oxygen atoms in total. The smallest absolute Gasteiger partial charge is 0.0622 e. The van der Waals surface area contributed by atoms with E-state index in [2.05, 4.69) is 19.9 Å². The van der Waals surface area contributed by atoms with Gasteiger partial charge in [-0.05, 0) is 70.1 Å². The van der Waals surface area contributed by atoms with E-state index >= 15 is 0 Å². The first kappa shape index (κ1) is 12.2. The zero-order valence-corrected chi connectivity index (χ0v) is 11.2. The van der Waals surface area contributed by atoms with Crippen molar-refractivity contribution in [3.8, 4) is 0 Å². The van der Waals surface area contributed by atoms with Crippen LogP contribution in [0.2, 0.25) is 0 Å². The van der Waals surface area contributed by atoms with Crippen molar-refractivity contribution in [2.45, 2.75) is 59.0 Å². The molecule has 0 radical (unpaired) electrons. The van der Waals surface area contributed by atoms with Crippen LogP contribution in [0.5, 0.6) is 0 Å². The number of rotatable bonds is 1. The molecule has 92 valence electrons. The molecule has 2 aliphatic carbocycles. The Bertz CT molecular complexity index is 284. The van der Waals surface area contributed by atoms with Gasteiger partial charge in [-0.25, -0.2) is 0 Å². The molecule has 1 N–H and O–H groups in total. The van der Waals surface area contributed by atoms with Crippen LogP contribution in [0.25, 0.3) is 0 Å². The summed E-state index contributed by atoms with van der Waals surface area (Å²) in [5.41, 5.74) is 1.06. The Morgan fingerprint density at radius 3 is 2.62 bits per heavy atom. The van der Waals surface area contributed by atoms with Gasteiger partial charge >= 0.3 is 0 Å². The highest BCUT2D eigenvalue weighted by molar-refractivity contribution is 5.12. The van der Waals surface area contributed by atoms with E-state index in [0.29, 0.717) is 5.92 Å². The third-order valence-electron chi connectivity index (χ3n) is 5.05. The molecule has 16 heavy (non-hydrogen) atoms. The molecule has 0 aliphatic heterocycles. The Labute approximate surface area is 99.9 Å². The molecule has 0 spiro atoms. The summed E-state index contributed by atoms with van der Waals surface area (Å²) in [6.07, 6.45) is 7.41. The van der Waals surface area contributed by atoms with E-state index in [1.165, 1.54) is 19.3 Å². The van der Waals surface area contributed by atoms with Crippen molar-refractivity contribution >= 4 is 0 Å². The van der Waals surface area contributed by atoms with E-state index in [-0.39, 0.29) is 0 Å². The van der Waals surface area contributed by atoms with Crippen LogP contribution in [0, 0.1) is 23.7 Å². The van der Waals surface area contributed by atoms with Crippen molar-refractivity contribution in [3.63, 3.8) is 0 Å². The largest absolute Gasteiger partial charge is 0.390 e. The summed E-state index contributed by atoms with van der Waals surface area (Å²) in [6, 6.07) is 0. The third kappa shape index (κ3) is 2.20. The average molecular weight is 222 g/mol. The molecule has 0 bridgehead atoms. The molecule has 0 aromatic carbocycles. The Hall–Kier alpha value is -0.300. The van der Waals surface area contributed by atoms with Crippen LogP contribution in [0.4, 0.5) is 0 Å². The van der Waals surface area contributed by atoms with Crippen molar-refractivity contribution in [2.75, 3.05) is 0 Å². The van der Waals surface area contributed by atoms with Crippen LogP contribution in [-0.2, 0) is 0 Å². The number of aliphatic hydroxyl groups is 1. The van der Waals surface area contributed by atoms with Gasteiger partial charge in [0, 0.05) is 0 Å². The molecule has 2 rings (SSSR count). The second-order valence-corrected chi connectivity index (χ2v) is 6.60. The zero-order chi connectivity index (χ0) is 11.9. The molecule has 2 aliphatic rings. The number of hydrogen-bond acceptors (Lipinski definition) is 1. The third-order valence-corrected chi connectivity index (χ3v) is 5.05. The molecule has 0 saturated heterocycles. The second-order valence-electron chi connectivity index (χ2n) is 6.60. The summed E-state index contributed by atoms with van der Waals surface area (Å²) >= 11 is 0. The fourth-order valence-corrected chi connectivity index (χ4v) is 3.71. The van der Waals surface area contributed by atoms with E-state index in [4.69, 9.17) is 0 Å². The molecule has 1 heteroatoms. The lowest BCUT2D eigenvalue weighted by Crippen LogP contribution is -2.32.